The lowest BCUT2D eigenvalue weighted by atomic mass is 10.1. The lowest BCUT2D eigenvalue weighted by Gasteiger charge is -2.14. The van der Waals surface area contributed by atoms with Crippen molar-refractivity contribution in [1.29, 1.82) is 0 Å². The van der Waals surface area contributed by atoms with Crippen LogP contribution in [-0.4, -0.2) is 24.3 Å². The van der Waals surface area contributed by atoms with Crippen molar-refractivity contribution < 1.29 is 9.84 Å². The van der Waals surface area contributed by atoms with E-state index in [4.69, 9.17) is 15.6 Å². The molecule has 0 saturated carbocycles. The van der Waals surface area contributed by atoms with Gasteiger partial charge in [0, 0.05) is 6.04 Å². The van der Waals surface area contributed by atoms with Crippen molar-refractivity contribution in [3.8, 4) is 5.75 Å². The van der Waals surface area contributed by atoms with Gasteiger partial charge in [0.05, 0.1) is 12.3 Å². The minimum Gasteiger partial charge on any atom is -0.487 e. The summed E-state index contributed by atoms with van der Waals surface area (Å²) in [4.78, 5) is 0. The number of rotatable bonds is 10. The number of aliphatic hydroxyl groups excluding tert-OH is 1. The number of anilines is 1. The summed E-state index contributed by atoms with van der Waals surface area (Å²) < 4.78 is 5.80. The number of benzene rings is 2. The lowest BCUT2D eigenvalue weighted by Crippen LogP contribution is -2.32. The Hall–Kier alpha value is -2.04. The van der Waals surface area contributed by atoms with Crippen LogP contribution in [0.5, 0.6) is 5.75 Å². The fraction of sp³-hybridized carbons (Fsp3) is 0.400. The van der Waals surface area contributed by atoms with E-state index in [2.05, 4.69) is 18.3 Å². The largest absolute Gasteiger partial charge is 0.487 e. The van der Waals surface area contributed by atoms with Crippen LogP contribution in [0.4, 0.5) is 5.69 Å². The molecule has 2 rings (SSSR count). The second-order valence-electron chi connectivity index (χ2n) is 5.99. The van der Waals surface area contributed by atoms with Gasteiger partial charge in [-0.15, -0.1) is 0 Å². The van der Waals surface area contributed by atoms with E-state index in [0.717, 1.165) is 37.1 Å². The second-order valence-corrected chi connectivity index (χ2v) is 5.99. The summed E-state index contributed by atoms with van der Waals surface area (Å²) >= 11 is 0. The van der Waals surface area contributed by atoms with Gasteiger partial charge in [0.2, 0.25) is 0 Å². The number of aliphatic hydroxyl groups is 1. The first kappa shape index (κ1) is 18.3. The molecular weight excluding hydrogens is 300 g/mol. The highest BCUT2D eigenvalue weighted by Crippen LogP contribution is 2.24. The van der Waals surface area contributed by atoms with Crippen LogP contribution in [0.2, 0.25) is 0 Å². The molecule has 4 heteroatoms. The van der Waals surface area contributed by atoms with Crippen LogP contribution in [0.25, 0.3) is 0 Å². The number of aryl methyl sites for hydroxylation is 1. The number of nitrogens with two attached hydrogens (primary N) is 1. The summed E-state index contributed by atoms with van der Waals surface area (Å²) in [6, 6.07) is 16.3. The molecule has 0 radical (unpaired) electrons. The number of hydrogen-bond donors (Lipinski definition) is 3. The van der Waals surface area contributed by atoms with E-state index in [1.807, 2.05) is 42.5 Å². The van der Waals surface area contributed by atoms with Crippen molar-refractivity contribution in [2.24, 2.45) is 0 Å². The van der Waals surface area contributed by atoms with Crippen molar-refractivity contribution in [2.45, 2.75) is 38.8 Å². The van der Waals surface area contributed by atoms with Crippen LogP contribution in [0.15, 0.2) is 48.5 Å². The first-order valence-corrected chi connectivity index (χ1v) is 8.62. The number of nitrogen functional groups attached to an aromatic ring is 1. The molecule has 2 aromatic rings. The molecule has 0 aliphatic heterocycles. The third-order valence-electron chi connectivity index (χ3n) is 4.10. The highest BCUT2D eigenvalue weighted by atomic mass is 16.5. The maximum absolute atomic E-state index is 9.15. The van der Waals surface area contributed by atoms with Gasteiger partial charge in [-0.25, -0.2) is 0 Å². The van der Waals surface area contributed by atoms with Gasteiger partial charge in [0.15, 0.2) is 0 Å². The summed E-state index contributed by atoms with van der Waals surface area (Å²) in [5.74, 6) is 0.729. The third-order valence-corrected chi connectivity index (χ3v) is 4.10. The van der Waals surface area contributed by atoms with E-state index in [-0.39, 0.29) is 12.6 Å². The highest BCUT2D eigenvalue weighted by molar-refractivity contribution is 5.54. The van der Waals surface area contributed by atoms with Crippen LogP contribution in [0.1, 0.15) is 30.9 Å². The minimum atomic E-state index is 0.191. The quantitative estimate of drug-likeness (QED) is 0.463. The van der Waals surface area contributed by atoms with Gasteiger partial charge >= 0.3 is 0 Å². The summed E-state index contributed by atoms with van der Waals surface area (Å²) in [6.07, 6.45) is 2.91. The first-order chi connectivity index (χ1) is 11.7. The molecule has 4 N–H and O–H groups in total. The maximum atomic E-state index is 9.15. The van der Waals surface area contributed by atoms with Crippen molar-refractivity contribution >= 4 is 5.69 Å². The van der Waals surface area contributed by atoms with Crippen molar-refractivity contribution in [1.82, 2.24) is 5.32 Å². The first-order valence-electron chi connectivity index (χ1n) is 8.62. The lowest BCUT2D eigenvalue weighted by molar-refractivity contribution is 0.239. The standard InChI is InChI=1S/C20H28N2O2/c1-2-18(14-23)22-12-6-9-16-10-11-20(19(21)13-16)24-15-17-7-4-3-5-8-17/h3-5,7-8,10-11,13,18,22-23H,2,6,9,12,14-15,21H2,1H3. The average molecular weight is 328 g/mol. The third kappa shape index (κ3) is 5.87. The molecule has 4 nitrogen and oxygen atoms in total. The van der Waals surface area contributed by atoms with E-state index < -0.39 is 0 Å². The van der Waals surface area contributed by atoms with Crippen molar-refractivity contribution in [3.63, 3.8) is 0 Å². The smallest absolute Gasteiger partial charge is 0.142 e. The van der Waals surface area contributed by atoms with Gasteiger partial charge in [0.1, 0.15) is 12.4 Å². The highest BCUT2D eigenvalue weighted by Gasteiger charge is 2.05. The molecule has 2 aromatic carbocycles. The molecule has 0 amide bonds. The van der Waals surface area contributed by atoms with Crippen LogP contribution < -0.4 is 15.8 Å². The van der Waals surface area contributed by atoms with Gasteiger partial charge in [-0.1, -0.05) is 43.3 Å². The molecule has 130 valence electrons. The van der Waals surface area contributed by atoms with Gasteiger partial charge in [-0.05, 0) is 49.1 Å². The van der Waals surface area contributed by atoms with E-state index >= 15 is 0 Å². The zero-order valence-electron chi connectivity index (χ0n) is 14.4. The Morgan fingerprint density at radius 1 is 1.12 bits per heavy atom. The van der Waals surface area contributed by atoms with E-state index in [9.17, 15) is 0 Å². The van der Waals surface area contributed by atoms with Crippen LogP contribution in [0, 0.1) is 0 Å². The van der Waals surface area contributed by atoms with Crippen molar-refractivity contribution in [3.05, 3.63) is 59.7 Å². The minimum absolute atomic E-state index is 0.191. The zero-order chi connectivity index (χ0) is 17.2. The molecule has 0 heterocycles. The van der Waals surface area contributed by atoms with Crippen LogP contribution in [0.3, 0.4) is 0 Å². The molecular formula is C20H28N2O2. The van der Waals surface area contributed by atoms with Gasteiger partial charge in [0.25, 0.3) is 0 Å². The molecule has 0 saturated heterocycles. The predicted octanol–water partition coefficient (Wildman–Crippen LogP) is 3.14. The summed E-state index contributed by atoms with van der Waals surface area (Å²) in [5.41, 5.74) is 9.12. The molecule has 24 heavy (non-hydrogen) atoms. The fourth-order valence-corrected chi connectivity index (χ4v) is 2.56. The Kier molecular flexibility index (Phi) is 7.59. The van der Waals surface area contributed by atoms with E-state index in [1.165, 1.54) is 5.56 Å². The van der Waals surface area contributed by atoms with Crippen LogP contribution in [-0.2, 0) is 13.0 Å². The number of hydrogen-bond acceptors (Lipinski definition) is 4. The van der Waals surface area contributed by atoms with Crippen molar-refractivity contribution in [2.75, 3.05) is 18.9 Å². The molecule has 1 unspecified atom stereocenters. The molecule has 0 aliphatic carbocycles. The normalized spacial score (nSPS) is 12.1. The number of nitrogens with one attached hydrogen (secondary N) is 1. The monoisotopic (exact) mass is 328 g/mol. The molecule has 1 atom stereocenters. The Bertz CT molecular complexity index is 598. The Labute approximate surface area is 144 Å². The van der Waals surface area contributed by atoms with E-state index in [1.54, 1.807) is 0 Å². The van der Waals surface area contributed by atoms with Gasteiger partial charge < -0.3 is 20.9 Å². The summed E-state index contributed by atoms with van der Waals surface area (Å²) in [5, 5.41) is 12.5. The second kappa shape index (κ2) is 9.96. The zero-order valence-corrected chi connectivity index (χ0v) is 14.4. The molecule has 0 aromatic heterocycles. The molecule has 0 bridgehead atoms. The van der Waals surface area contributed by atoms with E-state index in [0.29, 0.717) is 12.3 Å². The topological polar surface area (TPSA) is 67.5 Å². The fourth-order valence-electron chi connectivity index (χ4n) is 2.56. The van der Waals surface area contributed by atoms with Crippen LogP contribution >= 0.6 is 0 Å². The molecule has 0 aliphatic rings. The van der Waals surface area contributed by atoms with Gasteiger partial charge in [-0.2, -0.15) is 0 Å². The average Bonchev–Trinajstić information content (AvgIpc) is 2.62. The summed E-state index contributed by atoms with van der Waals surface area (Å²) in [7, 11) is 0. The summed E-state index contributed by atoms with van der Waals surface area (Å²) in [6.45, 7) is 3.68. The Morgan fingerprint density at radius 3 is 2.58 bits per heavy atom. The predicted molar refractivity (Wildman–Crippen MR) is 99.1 cm³/mol. The Balaban J connectivity index is 1.79. The number of ether oxygens (including phenoxy) is 1. The molecule has 0 fully saturated rings. The Morgan fingerprint density at radius 2 is 1.92 bits per heavy atom. The van der Waals surface area contributed by atoms with Gasteiger partial charge in [-0.3, -0.25) is 0 Å². The maximum Gasteiger partial charge on any atom is 0.142 e. The SMILES string of the molecule is CCC(CO)NCCCc1ccc(OCc2ccccc2)c(N)c1. The molecule has 0 spiro atoms.